The van der Waals surface area contributed by atoms with Crippen LogP contribution in [0.4, 0.5) is 18.9 Å². The van der Waals surface area contributed by atoms with Crippen LogP contribution in [0.3, 0.4) is 0 Å². The fourth-order valence-electron chi connectivity index (χ4n) is 3.81. The number of benzene rings is 2. The molecule has 36 heavy (non-hydrogen) atoms. The predicted octanol–water partition coefficient (Wildman–Crippen LogP) is 5.92. The number of methoxy groups -OCH3 is 1. The lowest BCUT2D eigenvalue weighted by atomic mass is 9.96. The van der Waals surface area contributed by atoms with Gasteiger partial charge in [-0.2, -0.15) is 0 Å². The van der Waals surface area contributed by atoms with Crippen molar-refractivity contribution in [1.82, 2.24) is 4.98 Å². The molecule has 0 bridgehead atoms. The lowest BCUT2D eigenvalue weighted by Crippen LogP contribution is -2.29. The zero-order chi connectivity index (χ0) is 26.2. The van der Waals surface area contributed by atoms with Crippen molar-refractivity contribution in [1.29, 1.82) is 0 Å². The van der Waals surface area contributed by atoms with Gasteiger partial charge in [0.25, 0.3) is 11.7 Å². The second-order valence-corrected chi connectivity index (χ2v) is 8.28. The van der Waals surface area contributed by atoms with E-state index in [2.05, 4.69) is 9.72 Å². The molecule has 2 aromatic carbocycles. The minimum Gasteiger partial charge on any atom is -0.507 e. The number of halogens is 5. The minimum absolute atomic E-state index is 0.0478. The Morgan fingerprint density at radius 3 is 2.25 bits per heavy atom. The van der Waals surface area contributed by atoms with E-state index in [4.69, 9.17) is 27.9 Å². The summed E-state index contributed by atoms with van der Waals surface area (Å²) in [4.78, 5) is 31.3. The molecule has 7 nitrogen and oxygen atoms in total. The highest BCUT2D eigenvalue weighted by Gasteiger charge is 2.47. The van der Waals surface area contributed by atoms with Gasteiger partial charge in [-0.05, 0) is 48.0 Å². The molecule has 1 aliphatic rings. The van der Waals surface area contributed by atoms with Gasteiger partial charge in [0.05, 0.1) is 28.8 Å². The third-order valence-electron chi connectivity index (χ3n) is 5.27. The van der Waals surface area contributed by atoms with Crippen LogP contribution in [0.25, 0.3) is 5.76 Å². The topological polar surface area (TPSA) is 89.0 Å². The number of aromatic nitrogens is 1. The van der Waals surface area contributed by atoms with Gasteiger partial charge in [0, 0.05) is 23.6 Å². The Morgan fingerprint density at radius 2 is 1.72 bits per heavy atom. The van der Waals surface area contributed by atoms with Gasteiger partial charge < -0.3 is 14.6 Å². The third-order valence-corrected chi connectivity index (χ3v) is 5.83. The number of nitrogens with zero attached hydrogens (tertiary/aromatic N) is 2. The van der Waals surface area contributed by atoms with Gasteiger partial charge in [0.2, 0.25) is 0 Å². The monoisotopic (exact) mass is 538 g/mol. The molecule has 1 amide bonds. The minimum atomic E-state index is -4.90. The predicted molar refractivity (Wildman–Crippen MR) is 125 cm³/mol. The van der Waals surface area contributed by atoms with Crippen LogP contribution in [-0.2, 0) is 9.59 Å². The van der Waals surface area contributed by atoms with Crippen molar-refractivity contribution < 1.29 is 37.3 Å². The molecule has 2 heterocycles. The van der Waals surface area contributed by atoms with Crippen molar-refractivity contribution in [3.63, 3.8) is 0 Å². The number of carbonyl (C=O) groups excluding carboxylic acids is 2. The zero-order valence-electron chi connectivity index (χ0n) is 18.2. The summed E-state index contributed by atoms with van der Waals surface area (Å²) in [5.41, 5.74) is 0.206. The molecule has 0 saturated carbocycles. The molecule has 0 aliphatic carbocycles. The third kappa shape index (κ3) is 4.82. The Bertz CT molecular complexity index is 1340. The Kier molecular flexibility index (Phi) is 6.83. The van der Waals surface area contributed by atoms with Gasteiger partial charge >= 0.3 is 6.36 Å². The van der Waals surface area contributed by atoms with Crippen LogP contribution in [-0.4, -0.2) is 35.3 Å². The quantitative estimate of drug-likeness (QED) is 0.246. The van der Waals surface area contributed by atoms with E-state index in [1.165, 1.54) is 43.8 Å². The first-order valence-electron chi connectivity index (χ1n) is 10.1. The van der Waals surface area contributed by atoms with Crippen LogP contribution in [0.1, 0.15) is 17.2 Å². The molecule has 0 radical (unpaired) electrons. The van der Waals surface area contributed by atoms with Crippen molar-refractivity contribution in [2.45, 2.75) is 12.4 Å². The molecule has 4 rings (SSSR count). The molecule has 1 aliphatic heterocycles. The first-order chi connectivity index (χ1) is 17.0. The average molecular weight is 539 g/mol. The maximum absolute atomic E-state index is 13.1. The summed E-state index contributed by atoms with van der Waals surface area (Å²) in [5.74, 6) is -2.96. The van der Waals surface area contributed by atoms with Gasteiger partial charge in [0.1, 0.15) is 11.5 Å². The highest BCUT2D eigenvalue weighted by atomic mass is 35.5. The number of ketones is 1. The summed E-state index contributed by atoms with van der Waals surface area (Å²) in [6.07, 6.45) is -2.03. The highest BCUT2D eigenvalue weighted by molar-refractivity contribution is 6.51. The fraction of sp³-hybridized carbons (Fsp3) is 0.125. The maximum Gasteiger partial charge on any atom is 0.573 e. The Morgan fingerprint density at radius 1 is 1.08 bits per heavy atom. The second-order valence-electron chi connectivity index (χ2n) is 7.47. The first-order valence-corrected chi connectivity index (χ1v) is 10.9. The number of Topliss-reactive ketones (excluding diaryl/α,β-unsaturated/α-hetero) is 1. The SMILES string of the molecule is COc1c(Cl)cc(/C(O)=C2\C(=O)C(=O)N(c3ccc(OC(F)(F)F)cc3)C2c2cccnc2)cc1Cl. The smallest absolute Gasteiger partial charge is 0.507 e. The number of ether oxygens (including phenoxy) is 2. The number of alkyl halides is 3. The highest BCUT2D eigenvalue weighted by Crippen LogP contribution is 2.44. The lowest BCUT2D eigenvalue weighted by molar-refractivity contribution is -0.274. The molecule has 1 saturated heterocycles. The van der Waals surface area contributed by atoms with Crippen molar-refractivity contribution in [3.05, 3.63) is 87.7 Å². The summed E-state index contributed by atoms with van der Waals surface area (Å²) in [6, 6.07) is 9.02. The van der Waals surface area contributed by atoms with Gasteiger partial charge in [-0.15, -0.1) is 13.2 Å². The van der Waals surface area contributed by atoms with Crippen LogP contribution < -0.4 is 14.4 Å². The molecule has 1 N–H and O–H groups in total. The largest absolute Gasteiger partial charge is 0.573 e. The van der Waals surface area contributed by atoms with E-state index in [1.54, 1.807) is 12.1 Å². The van der Waals surface area contributed by atoms with Crippen molar-refractivity contribution >= 4 is 46.3 Å². The Labute approximate surface area is 212 Å². The zero-order valence-corrected chi connectivity index (χ0v) is 19.7. The fourth-order valence-corrected chi connectivity index (χ4v) is 4.45. The molecule has 12 heteroatoms. The van der Waals surface area contributed by atoms with E-state index >= 15 is 0 Å². The number of aliphatic hydroxyl groups is 1. The van der Waals surface area contributed by atoms with Gasteiger partial charge in [-0.1, -0.05) is 29.3 Å². The molecular formula is C24H15Cl2F3N2O5. The molecule has 1 atom stereocenters. The maximum atomic E-state index is 13.1. The number of rotatable bonds is 5. The molecule has 3 aromatic rings. The number of hydrogen-bond donors (Lipinski definition) is 1. The van der Waals surface area contributed by atoms with Crippen LogP contribution in [0.15, 0.2) is 66.5 Å². The average Bonchev–Trinajstić information content (AvgIpc) is 3.09. The molecule has 1 aromatic heterocycles. The number of anilines is 1. The van der Waals surface area contributed by atoms with E-state index < -0.39 is 35.6 Å². The van der Waals surface area contributed by atoms with E-state index in [-0.39, 0.29) is 32.6 Å². The summed E-state index contributed by atoms with van der Waals surface area (Å²) in [7, 11) is 1.35. The molecule has 1 fully saturated rings. The summed E-state index contributed by atoms with van der Waals surface area (Å²) >= 11 is 12.4. The standard InChI is InChI=1S/C24H15Cl2F3N2O5/c1-35-22-16(25)9-13(10-17(22)26)20(32)18-19(12-3-2-8-30-11-12)31(23(34)21(18)33)14-4-6-15(7-5-14)36-24(27,28)29/h2-11,19,32H,1H3/b20-18+. The summed E-state index contributed by atoms with van der Waals surface area (Å²) in [6.45, 7) is 0. The van der Waals surface area contributed by atoms with Crippen molar-refractivity contribution in [2.75, 3.05) is 12.0 Å². The van der Waals surface area contributed by atoms with Crippen LogP contribution >= 0.6 is 23.2 Å². The van der Waals surface area contributed by atoms with E-state index in [0.29, 0.717) is 5.56 Å². The summed E-state index contributed by atoms with van der Waals surface area (Å²) < 4.78 is 46.6. The number of hydrogen-bond acceptors (Lipinski definition) is 6. The van der Waals surface area contributed by atoms with E-state index in [0.717, 1.165) is 17.0 Å². The van der Waals surface area contributed by atoms with Crippen LogP contribution in [0, 0.1) is 0 Å². The molecule has 186 valence electrons. The number of carbonyl (C=O) groups is 2. The molecule has 1 unspecified atom stereocenters. The number of aliphatic hydroxyl groups excluding tert-OH is 1. The first kappa shape index (κ1) is 25.3. The van der Waals surface area contributed by atoms with Crippen molar-refractivity contribution in [2.24, 2.45) is 0 Å². The van der Waals surface area contributed by atoms with Crippen LogP contribution in [0.5, 0.6) is 11.5 Å². The summed E-state index contributed by atoms with van der Waals surface area (Å²) in [5, 5.41) is 11.3. The van der Waals surface area contributed by atoms with Gasteiger partial charge in [-0.3, -0.25) is 19.5 Å². The molecular weight excluding hydrogens is 524 g/mol. The van der Waals surface area contributed by atoms with Crippen LogP contribution in [0.2, 0.25) is 10.0 Å². The Hall–Kier alpha value is -3.76. The lowest BCUT2D eigenvalue weighted by Gasteiger charge is -2.25. The number of amides is 1. The van der Waals surface area contributed by atoms with Crippen molar-refractivity contribution in [3.8, 4) is 11.5 Å². The Balaban J connectivity index is 1.86. The number of pyridine rings is 1. The van der Waals surface area contributed by atoms with Gasteiger partial charge in [-0.25, -0.2) is 0 Å². The second kappa shape index (κ2) is 9.71. The molecule has 0 spiro atoms. The normalized spacial score (nSPS) is 17.4. The van der Waals surface area contributed by atoms with Gasteiger partial charge in [0.15, 0.2) is 5.75 Å². The van der Waals surface area contributed by atoms with E-state index in [9.17, 15) is 27.9 Å². The van der Waals surface area contributed by atoms with E-state index in [1.807, 2.05) is 0 Å².